The summed E-state index contributed by atoms with van der Waals surface area (Å²) in [5, 5.41) is 33.7. The molecule has 3 rings (SSSR count). The molecule has 0 spiro atoms. The van der Waals surface area contributed by atoms with E-state index in [9.17, 15) is 24.2 Å². The smallest absolute Gasteiger partial charge is 0.305 e. The van der Waals surface area contributed by atoms with Gasteiger partial charge in [-0.3, -0.25) is 9.59 Å². The third-order valence-electron chi connectivity index (χ3n) is 6.27. The minimum absolute atomic E-state index is 0.108. The normalized spacial score (nSPS) is 12.6. The van der Waals surface area contributed by atoms with Crippen LogP contribution in [-0.2, 0) is 11.3 Å². The zero-order valence-electron chi connectivity index (χ0n) is 23.7. The Morgan fingerprint density at radius 2 is 1.63 bits per heavy atom. The summed E-state index contributed by atoms with van der Waals surface area (Å²) in [5.41, 5.74) is 1.76. The van der Waals surface area contributed by atoms with Gasteiger partial charge in [-0.2, -0.15) is 5.10 Å². The summed E-state index contributed by atoms with van der Waals surface area (Å²) in [7, 11) is 4.70. The van der Waals surface area contributed by atoms with Gasteiger partial charge in [0.25, 0.3) is 5.91 Å². The van der Waals surface area contributed by atoms with Crippen molar-refractivity contribution in [3.63, 3.8) is 0 Å². The van der Waals surface area contributed by atoms with Crippen LogP contribution >= 0.6 is 0 Å². The van der Waals surface area contributed by atoms with Crippen LogP contribution < -0.4 is 14.2 Å². The number of benzene rings is 2. The number of aliphatic hydroxyl groups is 2. The minimum atomic E-state index is -1.27. The van der Waals surface area contributed by atoms with Crippen LogP contribution in [0.2, 0.25) is 0 Å². The van der Waals surface area contributed by atoms with Gasteiger partial charge in [0.15, 0.2) is 5.69 Å². The molecule has 2 atom stereocenters. The van der Waals surface area contributed by atoms with Crippen LogP contribution in [0.15, 0.2) is 42.5 Å². The van der Waals surface area contributed by atoms with Gasteiger partial charge in [0, 0.05) is 31.6 Å². The van der Waals surface area contributed by atoms with Gasteiger partial charge in [-0.25, -0.2) is 9.07 Å². The number of halogens is 1. The number of ether oxygens (including phenoxy) is 3. The number of aliphatic carboxylic acids is 1. The van der Waals surface area contributed by atoms with Crippen molar-refractivity contribution < 1.29 is 43.5 Å². The fourth-order valence-electron chi connectivity index (χ4n) is 4.32. The number of carboxylic acid groups (broad SMARTS) is 1. The van der Waals surface area contributed by atoms with E-state index in [1.54, 1.807) is 25.2 Å². The number of aliphatic hydroxyl groups excluding tert-OH is 2. The summed E-state index contributed by atoms with van der Waals surface area (Å²) < 4.78 is 31.7. The molecule has 2 aromatic carbocycles. The SMILES string of the molecule is COc1cc(CN(C)C(=O)c2nn(-c3ccc(F)cc3)c(OC[C@@H](O)C[C@@H](O)CC(=O)O)c2C(C)C)cc(OC)c1. The lowest BCUT2D eigenvalue weighted by atomic mass is 10.0. The number of carbonyl (C=O) groups excluding carboxylic acids is 1. The maximum absolute atomic E-state index is 13.8. The molecule has 0 bridgehead atoms. The van der Waals surface area contributed by atoms with Gasteiger partial charge in [-0.15, -0.1) is 0 Å². The van der Waals surface area contributed by atoms with E-state index >= 15 is 0 Å². The number of methoxy groups -OCH3 is 2. The Kier molecular flexibility index (Phi) is 10.7. The molecule has 0 aliphatic heterocycles. The maximum atomic E-state index is 13.8. The summed E-state index contributed by atoms with van der Waals surface area (Å²) in [5.74, 6) is -0.991. The third kappa shape index (κ3) is 8.18. The molecule has 222 valence electrons. The first kappa shape index (κ1) is 31.4. The number of rotatable bonds is 14. The van der Waals surface area contributed by atoms with E-state index in [-0.39, 0.29) is 37.1 Å². The largest absolute Gasteiger partial charge is 0.497 e. The van der Waals surface area contributed by atoms with Crippen molar-refractivity contribution in [3.05, 3.63) is 65.1 Å². The number of nitrogens with zero attached hydrogens (tertiary/aromatic N) is 3. The highest BCUT2D eigenvalue weighted by Crippen LogP contribution is 2.34. The Hall–Kier alpha value is -4.16. The van der Waals surface area contributed by atoms with Gasteiger partial charge in [-0.1, -0.05) is 13.8 Å². The highest BCUT2D eigenvalue weighted by atomic mass is 19.1. The number of aromatic nitrogens is 2. The quantitative estimate of drug-likeness (QED) is 0.264. The predicted octanol–water partition coefficient (Wildman–Crippen LogP) is 3.39. The Bertz CT molecular complexity index is 1320. The molecule has 11 nitrogen and oxygen atoms in total. The molecule has 1 amide bonds. The van der Waals surface area contributed by atoms with E-state index in [4.69, 9.17) is 19.3 Å². The number of carboxylic acids is 1. The fraction of sp³-hybridized carbons (Fsp3) is 0.414. The zero-order chi connectivity index (χ0) is 30.3. The standard InChI is InChI=1S/C29H36FN3O8/c1-17(2)26-27(28(38)32(3)15-18-10-23(39-4)14-24(11-18)40-5)31-33(20-8-6-19(30)7-9-20)29(26)41-16-22(35)12-21(34)13-25(36)37/h6-11,14,17,21-22,34-35H,12-13,15-16H2,1-5H3,(H,36,37)/t21-,22+/m1/s1. The second-order valence-electron chi connectivity index (χ2n) is 9.94. The van der Waals surface area contributed by atoms with Gasteiger partial charge in [-0.05, 0) is 47.9 Å². The van der Waals surface area contributed by atoms with Crippen LogP contribution in [0.25, 0.3) is 5.69 Å². The van der Waals surface area contributed by atoms with Crippen molar-refractivity contribution in [2.24, 2.45) is 0 Å². The Labute approximate surface area is 237 Å². The highest BCUT2D eigenvalue weighted by molar-refractivity contribution is 5.94. The van der Waals surface area contributed by atoms with E-state index in [1.165, 1.54) is 48.1 Å². The molecule has 0 aliphatic rings. The first-order chi connectivity index (χ1) is 19.4. The van der Waals surface area contributed by atoms with Crippen LogP contribution in [0, 0.1) is 5.82 Å². The van der Waals surface area contributed by atoms with E-state index in [0.29, 0.717) is 22.7 Å². The lowest BCUT2D eigenvalue weighted by molar-refractivity contribution is -0.139. The molecule has 12 heteroatoms. The number of amides is 1. The van der Waals surface area contributed by atoms with Crippen LogP contribution in [0.4, 0.5) is 4.39 Å². The Morgan fingerprint density at radius 3 is 2.17 bits per heavy atom. The zero-order valence-corrected chi connectivity index (χ0v) is 23.7. The number of carbonyl (C=O) groups is 2. The summed E-state index contributed by atoms with van der Waals surface area (Å²) in [6, 6.07) is 10.8. The summed E-state index contributed by atoms with van der Waals surface area (Å²) >= 11 is 0. The lowest BCUT2D eigenvalue weighted by Gasteiger charge is -2.19. The monoisotopic (exact) mass is 573 g/mol. The van der Waals surface area contributed by atoms with Crippen molar-refractivity contribution in [2.45, 2.75) is 51.4 Å². The van der Waals surface area contributed by atoms with Gasteiger partial charge < -0.3 is 34.4 Å². The average molecular weight is 574 g/mol. The topological polar surface area (TPSA) is 144 Å². The molecule has 3 N–H and O–H groups in total. The van der Waals surface area contributed by atoms with Crippen LogP contribution in [0.5, 0.6) is 17.4 Å². The molecular weight excluding hydrogens is 537 g/mol. The van der Waals surface area contributed by atoms with E-state index in [2.05, 4.69) is 5.10 Å². The molecule has 0 radical (unpaired) electrons. The van der Waals surface area contributed by atoms with Crippen molar-refractivity contribution in [3.8, 4) is 23.1 Å². The molecule has 1 heterocycles. The molecule has 0 aliphatic carbocycles. The highest BCUT2D eigenvalue weighted by Gasteiger charge is 2.30. The molecule has 0 saturated carbocycles. The second-order valence-corrected chi connectivity index (χ2v) is 9.94. The van der Waals surface area contributed by atoms with Crippen LogP contribution in [0.3, 0.4) is 0 Å². The molecule has 0 saturated heterocycles. The predicted molar refractivity (Wildman–Crippen MR) is 147 cm³/mol. The minimum Gasteiger partial charge on any atom is -0.497 e. The first-order valence-electron chi connectivity index (χ1n) is 13.0. The third-order valence-corrected chi connectivity index (χ3v) is 6.27. The molecular formula is C29H36FN3O8. The van der Waals surface area contributed by atoms with E-state index in [0.717, 1.165) is 5.56 Å². The lowest BCUT2D eigenvalue weighted by Crippen LogP contribution is -2.28. The molecule has 0 fully saturated rings. The summed E-state index contributed by atoms with van der Waals surface area (Å²) in [6.45, 7) is 3.62. The van der Waals surface area contributed by atoms with Crippen molar-refractivity contribution >= 4 is 11.9 Å². The molecule has 41 heavy (non-hydrogen) atoms. The van der Waals surface area contributed by atoms with Crippen LogP contribution in [0.1, 0.15) is 54.2 Å². The Morgan fingerprint density at radius 1 is 1.02 bits per heavy atom. The fourth-order valence-corrected chi connectivity index (χ4v) is 4.32. The maximum Gasteiger partial charge on any atom is 0.305 e. The molecule has 1 aromatic heterocycles. The van der Waals surface area contributed by atoms with E-state index in [1.807, 2.05) is 13.8 Å². The van der Waals surface area contributed by atoms with Gasteiger partial charge >= 0.3 is 5.97 Å². The Balaban J connectivity index is 1.97. The molecule has 3 aromatic rings. The van der Waals surface area contributed by atoms with Crippen molar-refractivity contribution in [2.75, 3.05) is 27.9 Å². The summed E-state index contributed by atoms with van der Waals surface area (Å²) in [6.07, 6.45) is -3.22. The average Bonchev–Trinajstić information content (AvgIpc) is 3.30. The van der Waals surface area contributed by atoms with Gasteiger partial charge in [0.05, 0.1) is 38.5 Å². The van der Waals surface area contributed by atoms with E-state index < -0.39 is 36.3 Å². The van der Waals surface area contributed by atoms with Crippen LogP contribution in [-0.4, -0.2) is 82.0 Å². The van der Waals surface area contributed by atoms with Gasteiger partial charge in [0.1, 0.15) is 23.9 Å². The first-order valence-corrected chi connectivity index (χ1v) is 13.0. The van der Waals surface area contributed by atoms with Crippen molar-refractivity contribution in [1.29, 1.82) is 0 Å². The number of hydrogen-bond acceptors (Lipinski definition) is 8. The van der Waals surface area contributed by atoms with Crippen molar-refractivity contribution in [1.82, 2.24) is 14.7 Å². The second kappa shape index (κ2) is 14.0. The molecule has 0 unspecified atom stereocenters. The number of hydrogen-bond donors (Lipinski definition) is 3. The summed E-state index contributed by atoms with van der Waals surface area (Å²) in [4.78, 5) is 26.1. The van der Waals surface area contributed by atoms with Gasteiger partial charge in [0.2, 0.25) is 5.88 Å².